The summed E-state index contributed by atoms with van der Waals surface area (Å²) in [5, 5.41) is 0. The number of aromatic nitrogens is 1. The van der Waals surface area contributed by atoms with Gasteiger partial charge < -0.3 is 19.1 Å². The van der Waals surface area contributed by atoms with Crippen LogP contribution in [0.5, 0.6) is 0 Å². The minimum Gasteiger partial charge on any atom is -0.382 e. The fraction of sp³-hybridized carbons (Fsp3) is 0.684. The molecule has 0 atom stereocenters. The van der Waals surface area contributed by atoms with Gasteiger partial charge in [0.25, 0.3) is 0 Å². The van der Waals surface area contributed by atoms with Gasteiger partial charge in [0.2, 0.25) is 11.8 Å². The molecule has 1 aromatic heterocycles. The molecule has 142 valence electrons. The van der Waals surface area contributed by atoms with Gasteiger partial charge in [-0.05, 0) is 31.9 Å². The Kier molecular flexibility index (Phi) is 9.92. The average Bonchev–Trinajstić information content (AvgIpc) is 2.98. The van der Waals surface area contributed by atoms with Crippen LogP contribution in [0.25, 0.3) is 0 Å². The van der Waals surface area contributed by atoms with Gasteiger partial charge in [0.1, 0.15) is 0 Å². The molecule has 6 heteroatoms. The highest BCUT2D eigenvalue weighted by Gasteiger charge is 2.19. The van der Waals surface area contributed by atoms with Crippen LogP contribution in [0.15, 0.2) is 18.3 Å². The standard InChI is InChI=1S/C19H33N3O3/c1-5-7-12-22(15-18-10-8-11-20(18)4)19(24)16-21(17(3)23)13-9-14-25-6-2/h8,10-11H,5-7,9,12-16H2,1-4H3. The molecule has 0 saturated heterocycles. The molecule has 1 rings (SSSR count). The molecular formula is C19H33N3O3. The van der Waals surface area contributed by atoms with Gasteiger partial charge in [-0.1, -0.05) is 13.3 Å². The molecule has 0 bridgehead atoms. The summed E-state index contributed by atoms with van der Waals surface area (Å²) in [6.45, 7) is 8.82. The molecule has 6 nitrogen and oxygen atoms in total. The Morgan fingerprint density at radius 1 is 1.16 bits per heavy atom. The molecule has 0 N–H and O–H groups in total. The van der Waals surface area contributed by atoms with Crippen molar-refractivity contribution in [3.05, 3.63) is 24.0 Å². The molecule has 0 fully saturated rings. The third-order valence-electron chi connectivity index (χ3n) is 4.23. The van der Waals surface area contributed by atoms with Crippen molar-refractivity contribution in [3.8, 4) is 0 Å². The monoisotopic (exact) mass is 351 g/mol. The number of amides is 2. The van der Waals surface area contributed by atoms with Crippen molar-refractivity contribution < 1.29 is 14.3 Å². The van der Waals surface area contributed by atoms with Gasteiger partial charge in [-0.3, -0.25) is 9.59 Å². The number of aryl methyl sites for hydroxylation is 1. The Balaban J connectivity index is 2.66. The largest absolute Gasteiger partial charge is 0.382 e. The van der Waals surface area contributed by atoms with E-state index in [0.29, 0.717) is 32.8 Å². The van der Waals surface area contributed by atoms with Crippen molar-refractivity contribution in [1.29, 1.82) is 0 Å². The summed E-state index contributed by atoms with van der Waals surface area (Å²) in [5.41, 5.74) is 1.09. The number of nitrogens with zero attached hydrogens (tertiary/aromatic N) is 3. The van der Waals surface area contributed by atoms with Crippen molar-refractivity contribution in [2.45, 2.75) is 46.6 Å². The number of hydrogen-bond donors (Lipinski definition) is 0. The lowest BCUT2D eigenvalue weighted by molar-refractivity contribution is -0.140. The second-order valence-corrected chi connectivity index (χ2v) is 6.27. The predicted molar refractivity (Wildman–Crippen MR) is 99.1 cm³/mol. The molecule has 0 aromatic carbocycles. The number of unbranched alkanes of at least 4 members (excludes halogenated alkanes) is 1. The SMILES string of the molecule is CCCCN(Cc1cccn1C)C(=O)CN(CCCOCC)C(C)=O. The first kappa shape index (κ1) is 21.2. The minimum atomic E-state index is -0.0702. The van der Waals surface area contributed by atoms with Gasteiger partial charge in [-0.2, -0.15) is 0 Å². The summed E-state index contributed by atoms with van der Waals surface area (Å²) >= 11 is 0. The first-order valence-electron chi connectivity index (χ1n) is 9.20. The Morgan fingerprint density at radius 3 is 2.44 bits per heavy atom. The maximum atomic E-state index is 12.8. The Morgan fingerprint density at radius 2 is 1.88 bits per heavy atom. The lowest BCUT2D eigenvalue weighted by Crippen LogP contribution is -2.43. The second-order valence-electron chi connectivity index (χ2n) is 6.27. The van der Waals surface area contributed by atoms with Crippen LogP contribution < -0.4 is 0 Å². The molecule has 1 heterocycles. The third kappa shape index (κ3) is 7.73. The molecule has 0 aliphatic carbocycles. The third-order valence-corrected chi connectivity index (χ3v) is 4.23. The number of carbonyl (C=O) groups is 2. The maximum absolute atomic E-state index is 12.8. The van der Waals surface area contributed by atoms with Crippen LogP contribution in [0.1, 0.15) is 45.7 Å². The van der Waals surface area contributed by atoms with E-state index in [-0.39, 0.29) is 18.4 Å². The summed E-state index contributed by atoms with van der Waals surface area (Å²) in [7, 11) is 1.98. The molecule has 0 spiro atoms. The van der Waals surface area contributed by atoms with Crippen molar-refractivity contribution >= 4 is 11.8 Å². The van der Waals surface area contributed by atoms with Crippen LogP contribution in [-0.4, -0.2) is 59.0 Å². The second kappa shape index (κ2) is 11.7. The fourth-order valence-corrected chi connectivity index (χ4v) is 2.61. The van der Waals surface area contributed by atoms with E-state index in [4.69, 9.17) is 4.74 Å². The van der Waals surface area contributed by atoms with Gasteiger partial charge in [-0.25, -0.2) is 0 Å². The van der Waals surface area contributed by atoms with E-state index in [9.17, 15) is 9.59 Å². The molecule has 0 unspecified atom stereocenters. The summed E-state index contributed by atoms with van der Waals surface area (Å²) < 4.78 is 7.34. The Hall–Kier alpha value is -1.82. The van der Waals surface area contributed by atoms with Crippen molar-refractivity contribution in [2.24, 2.45) is 7.05 Å². The van der Waals surface area contributed by atoms with Crippen molar-refractivity contribution in [1.82, 2.24) is 14.4 Å². The van der Waals surface area contributed by atoms with Crippen molar-refractivity contribution in [2.75, 3.05) is 32.8 Å². The van der Waals surface area contributed by atoms with E-state index in [0.717, 1.165) is 25.0 Å². The minimum absolute atomic E-state index is 0.00117. The van der Waals surface area contributed by atoms with Gasteiger partial charge in [-0.15, -0.1) is 0 Å². The molecule has 25 heavy (non-hydrogen) atoms. The Labute approximate surface area is 151 Å². The predicted octanol–water partition coefficient (Wildman–Crippen LogP) is 2.43. The smallest absolute Gasteiger partial charge is 0.242 e. The normalized spacial score (nSPS) is 10.7. The molecule has 2 amide bonds. The lowest BCUT2D eigenvalue weighted by atomic mass is 10.2. The molecule has 0 aliphatic heterocycles. The topological polar surface area (TPSA) is 54.8 Å². The molecule has 0 saturated carbocycles. The van der Waals surface area contributed by atoms with Crippen LogP contribution in [0.3, 0.4) is 0 Å². The van der Waals surface area contributed by atoms with Crippen LogP contribution in [0, 0.1) is 0 Å². The van der Waals surface area contributed by atoms with Gasteiger partial charge >= 0.3 is 0 Å². The van der Waals surface area contributed by atoms with Gasteiger partial charge in [0, 0.05) is 52.2 Å². The summed E-state index contributed by atoms with van der Waals surface area (Å²) in [5.74, 6) is -0.0691. The highest BCUT2D eigenvalue weighted by molar-refractivity contribution is 5.83. The zero-order valence-electron chi connectivity index (χ0n) is 16.2. The quantitative estimate of drug-likeness (QED) is 0.544. The summed E-state index contributed by atoms with van der Waals surface area (Å²) in [6.07, 6.45) is 4.71. The number of hydrogen-bond acceptors (Lipinski definition) is 3. The number of ether oxygens (including phenoxy) is 1. The summed E-state index contributed by atoms with van der Waals surface area (Å²) in [4.78, 5) is 28.1. The number of rotatable bonds is 12. The lowest BCUT2D eigenvalue weighted by Gasteiger charge is -2.27. The van der Waals surface area contributed by atoms with E-state index in [1.807, 2.05) is 41.8 Å². The fourth-order valence-electron chi connectivity index (χ4n) is 2.61. The summed E-state index contributed by atoms with van der Waals surface area (Å²) in [6, 6.07) is 4.00. The van der Waals surface area contributed by atoms with E-state index >= 15 is 0 Å². The van der Waals surface area contributed by atoms with Gasteiger partial charge in [0.15, 0.2) is 0 Å². The van der Waals surface area contributed by atoms with Crippen LogP contribution in [0.4, 0.5) is 0 Å². The van der Waals surface area contributed by atoms with E-state index in [2.05, 4.69) is 6.92 Å². The molecular weight excluding hydrogens is 318 g/mol. The van der Waals surface area contributed by atoms with Gasteiger partial charge in [0.05, 0.1) is 13.1 Å². The van der Waals surface area contributed by atoms with Crippen LogP contribution in [-0.2, 0) is 27.9 Å². The van der Waals surface area contributed by atoms with Crippen molar-refractivity contribution in [3.63, 3.8) is 0 Å². The number of carbonyl (C=O) groups excluding carboxylic acids is 2. The highest BCUT2D eigenvalue weighted by atomic mass is 16.5. The first-order chi connectivity index (χ1) is 12.0. The van der Waals surface area contributed by atoms with E-state index in [1.54, 1.807) is 4.90 Å². The van der Waals surface area contributed by atoms with Crippen LogP contribution >= 0.6 is 0 Å². The Bertz CT molecular complexity index is 528. The van der Waals surface area contributed by atoms with E-state index < -0.39 is 0 Å². The first-order valence-corrected chi connectivity index (χ1v) is 9.20. The highest BCUT2D eigenvalue weighted by Crippen LogP contribution is 2.08. The maximum Gasteiger partial charge on any atom is 0.242 e. The van der Waals surface area contributed by atoms with E-state index in [1.165, 1.54) is 6.92 Å². The average molecular weight is 351 g/mol. The molecule has 1 aromatic rings. The molecule has 0 radical (unpaired) electrons. The molecule has 0 aliphatic rings. The van der Waals surface area contributed by atoms with Crippen LogP contribution in [0.2, 0.25) is 0 Å². The zero-order valence-corrected chi connectivity index (χ0v) is 16.2. The zero-order chi connectivity index (χ0) is 18.7.